The smallest absolute Gasteiger partial charge is 0.369 e. The summed E-state index contributed by atoms with van der Waals surface area (Å²) < 4.78 is 38.1. The van der Waals surface area contributed by atoms with Crippen molar-refractivity contribution < 1.29 is 13.2 Å². The minimum atomic E-state index is -4.36. The molecule has 0 unspecified atom stereocenters. The molecule has 0 fully saturated rings. The highest BCUT2D eigenvalue weighted by Gasteiger charge is 2.30. The first-order valence-corrected chi connectivity index (χ1v) is 5.94. The Morgan fingerprint density at radius 1 is 1.21 bits per heavy atom. The zero-order valence-corrected chi connectivity index (χ0v) is 10.6. The molecule has 0 saturated heterocycles. The zero-order valence-electron chi connectivity index (χ0n) is 10.6. The number of alkyl halides is 3. The third-order valence-corrected chi connectivity index (χ3v) is 2.64. The Kier molecular flexibility index (Phi) is 3.59. The van der Waals surface area contributed by atoms with Crippen LogP contribution in [0.15, 0.2) is 24.5 Å². The van der Waals surface area contributed by atoms with Crippen molar-refractivity contribution in [3.63, 3.8) is 0 Å². The molecule has 0 saturated carbocycles. The Morgan fingerprint density at radius 2 is 1.95 bits per heavy atom. The monoisotopic (exact) mass is 269 g/mol. The van der Waals surface area contributed by atoms with E-state index in [0.29, 0.717) is 29.2 Å². The summed E-state index contributed by atoms with van der Waals surface area (Å²) >= 11 is 0. The maximum absolute atomic E-state index is 12.7. The van der Waals surface area contributed by atoms with Gasteiger partial charge < -0.3 is 5.32 Å². The van der Waals surface area contributed by atoms with Crippen LogP contribution in [0.25, 0.3) is 10.9 Å². The maximum atomic E-state index is 12.7. The second-order valence-electron chi connectivity index (χ2n) is 4.73. The molecule has 0 bridgehead atoms. The molecule has 0 aliphatic heterocycles. The molecule has 1 heterocycles. The Hall–Kier alpha value is -1.85. The summed E-state index contributed by atoms with van der Waals surface area (Å²) in [5, 5.41) is 3.43. The van der Waals surface area contributed by atoms with Gasteiger partial charge in [-0.1, -0.05) is 13.8 Å². The van der Waals surface area contributed by atoms with Gasteiger partial charge in [-0.05, 0) is 24.1 Å². The van der Waals surface area contributed by atoms with Crippen LogP contribution in [-0.4, -0.2) is 16.5 Å². The molecule has 19 heavy (non-hydrogen) atoms. The van der Waals surface area contributed by atoms with Gasteiger partial charge in [0.2, 0.25) is 0 Å². The molecule has 1 aromatic carbocycles. The highest BCUT2D eigenvalue weighted by molar-refractivity contribution is 5.89. The van der Waals surface area contributed by atoms with Crippen molar-refractivity contribution in [1.82, 2.24) is 9.97 Å². The van der Waals surface area contributed by atoms with Gasteiger partial charge in [-0.15, -0.1) is 0 Å². The first-order chi connectivity index (χ1) is 8.88. The number of rotatable bonds is 3. The van der Waals surface area contributed by atoms with E-state index in [-0.39, 0.29) is 0 Å². The lowest BCUT2D eigenvalue weighted by Crippen LogP contribution is -2.10. The number of nitrogens with zero attached hydrogens (tertiary/aromatic N) is 2. The third kappa shape index (κ3) is 3.13. The van der Waals surface area contributed by atoms with Crippen LogP contribution in [0, 0.1) is 5.92 Å². The molecule has 3 nitrogen and oxygen atoms in total. The van der Waals surface area contributed by atoms with Crippen molar-refractivity contribution in [3.05, 3.63) is 30.1 Å². The molecule has 2 aromatic rings. The minimum Gasteiger partial charge on any atom is -0.369 e. The normalized spacial score (nSPS) is 12.1. The van der Waals surface area contributed by atoms with E-state index in [1.54, 1.807) is 0 Å². The highest BCUT2D eigenvalue weighted by Crippen LogP contribution is 2.32. The highest BCUT2D eigenvalue weighted by atomic mass is 19.4. The third-order valence-electron chi connectivity index (χ3n) is 2.64. The Bertz CT molecular complexity index is 579. The summed E-state index contributed by atoms with van der Waals surface area (Å²) in [4.78, 5) is 7.99. The molecule has 0 aliphatic carbocycles. The minimum absolute atomic E-state index is 0.371. The first-order valence-electron chi connectivity index (χ1n) is 5.94. The number of anilines is 1. The van der Waals surface area contributed by atoms with Gasteiger partial charge >= 0.3 is 6.18 Å². The standard InChI is InChI=1S/C13H14F3N3/c1-8(2)6-17-12-10-5-9(13(14,15)16)3-4-11(10)18-7-19-12/h3-5,7-8H,6H2,1-2H3,(H,17,18,19). The van der Waals surface area contributed by atoms with Crippen molar-refractivity contribution in [2.45, 2.75) is 20.0 Å². The van der Waals surface area contributed by atoms with E-state index >= 15 is 0 Å². The number of hydrogen-bond donors (Lipinski definition) is 1. The second kappa shape index (κ2) is 5.03. The lowest BCUT2D eigenvalue weighted by Gasteiger charge is -2.12. The van der Waals surface area contributed by atoms with E-state index in [1.165, 1.54) is 12.4 Å². The molecule has 1 aromatic heterocycles. The van der Waals surface area contributed by atoms with Gasteiger partial charge in [-0.3, -0.25) is 0 Å². The van der Waals surface area contributed by atoms with Crippen LogP contribution >= 0.6 is 0 Å². The summed E-state index contributed by atoms with van der Waals surface area (Å²) in [7, 11) is 0. The number of aromatic nitrogens is 2. The fourth-order valence-corrected chi connectivity index (χ4v) is 1.67. The number of fused-ring (bicyclic) bond motifs is 1. The second-order valence-corrected chi connectivity index (χ2v) is 4.73. The van der Waals surface area contributed by atoms with Gasteiger partial charge in [0, 0.05) is 11.9 Å². The van der Waals surface area contributed by atoms with Crippen LogP contribution < -0.4 is 5.32 Å². The van der Waals surface area contributed by atoms with Crippen molar-refractivity contribution >= 4 is 16.7 Å². The summed E-state index contributed by atoms with van der Waals surface area (Å²) in [5.74, 6) is 0.806. The van der Waals surface area contributed by atoms with Crippen LogP contribution in [0.5, 0.6) is 0 Å². The van der Waals surface area contributed by atoms with Crippen LogP contribution in [0.2, 0.25) is 0 Å². The van der Waals surface area contributed by atoms with Gasteiger partial charge in [0.15, 0.2) is 0 Å². The topological polar surface area (TPSA) is 37.8 Å². The average Bonchev–Trinajstić information content (AvgIpc) is 2.34. The van der Waals surface area contributed by atoms with Crippen LogP contribution in [-0.2, 0) is 6.18 Å². The molecule has 0 aliphatic rings. The molecule has 0 atom stereocenters. The molecule has 102 valence electrons. The molecule has 2 rings (SSSR count). The Morgan fingerprint density at radius 3 is 2.58 bits per heavy atom. The predicted molar refractivity (Wildman–Crippen MR) is 67.9 cm³/mol. The van der Waals surface area contributed by atoms with E-state index in [0.717, 1.165) is 12.1 Å². The number of hydrogen-bond acceptors (Lipinski definition) is 3. The molecule has 0 spiro atoms. The van der Waals surface area contributed by atoms with E-state index in [4.69, 9.17) is 0 Å². The largest absolute Gasteiger partial charge is 0.416 e. The lowest BCUT2D eigenvalue weighted by molar-refractivity contribution is -0.137. The summed E-state index contributed by atoms with van der Waals surface area (Å²) in [5.41, 5.74) is -0.198. The van der Waals surface area contributed by atoms with Crippen molar-refractivity contribution in [2.24, 2.45) is 5.92 Å². The van der Waals surface area contributed by atoms with Crippen molar-refractivity contribution in [1.29, 1.82) is 0 Å². The van der Waals surface area contributed by atoms with Gasteiger partial charge in [0.25, 0.3) is 0 Å². The van der Waals surface area contributed by atoms with Crippen LogP contribution in [0.3, 0.4) is 0 Å². The fraction of sp³-hybridized carbons (Fsp3) is 0.385. The van der Waals surface area contributed by atoms with Gasteiger partial charge in [0.1, 0.15) is 12.1 Å². The number of halogens is 3. The molecular weight excluding hydrogens is 255 g/mol. The molecular formula is C13H14F3N3. The van der Waals surface area contributed by atoms with Gasteiger partial charge in [-0.25, -0.2) is 9.97 Å². The first kappa shape index (κ1) is 13.6. The molecule has 0 radical (unpaired) electrons. The van der Waals surface area contributed by atoms with E-state index in [9.17, 15) is 13.2 Å². The average molecular weight is 269 g/mol. The molecule has 1 N–H and O–H groups in total. The number of nitrogens with one attached hydrogen (secondary N) is 1. The summed E-state index contributed by atoms with van der Waals surface area (Å²) in [6.07, 6.45) is -3.02. The Labute approximate surface area is 108 Å². The van der Waals surface area contributed by atoms with E-state index < -0.39 is 11.7 Å². The quantitative estimate of drug-likeness (QED) is 0.922. The molecule has 6 heteroatoms. The van der Waals surface area contributed by atoms with Gasteiger partial charge in [-0.2, -0.15) is 13.2 Å². The van der Waals surface area contributed by atoms with E-state index in [1.807, 2.05) is 13.8 Å². The number of benzene rings is 1. The maximum Gasteiger partial charge on any atom is 0.416 e. The van der Waals surface area contributed by atoms with E-state index in [2.05, 4.69) is 15.3 Å². The fourth-order valence-electron chi connectivity index (χ4n) is 1.67. The van der Waals surface area contributed by atoms with Crippen molar-refractivity contribution in [3.8, 4) is 0 Å². The van der Waals surface area contributed by atoms with Crippen LogP contribution in [0.1, 0.15) is 19.4 Å². The summed E-state index contributed by atoms with van der Waals surface area (Å²) in [6, 6.07) is 3.47. The van der Waals surface area contributed by atoms with Crippen molar-refractivity contribution in [2.75, 3.05) is 11.9 Å². The summed E-state index contributed by atoms with van der Waals surface area (Å²) in [6.45, 7) is 4.66. The molecule has 0 amide bonds. The SMILES string of the molecule is CC(C)CNc1ncnc2ccc(C(F)(F)F)cc12. The van der Waals surface area contributed by atoms with Crippen LogP contribution in [0.4, 0.5) is 19.0 Å². The van der Waals surface area contributed by atoms with Gasteiger partial charge in [0.05, 0.1) is 11.1 Å². The zero-order chi connectivity index (χ0) is 14.0. The lowest BCUT2D eigenvalue weighted by atomic mass is 10.1. The predicted octanol–water partition coefficient (Wildman–Crippen LogP) is 3.72. The Balaban J connectivity index is 2.46.